The summed E-state index contributed by atoms with van der Waals surface area (Å²) in [6.07, 6.45) is -0.539. The molecule has 0 radical (unpaired) electrons. The zero-order chi connectivity index (χ0) is 17.3. The predicted molar refractivity (Wildman–Crippen MR) is 84.8 cm³/mol. The topological polar surface area (TPSA) is 93.1 Å². The number of ketones is 1. The Morgan fingerprint density at radius 2 is 2.00 bits per heavy atom. The van der Waals surface area contributed by atoms with Gasteiger partial charge in [-0.15, -0.1) is 0 Å². The minimum absolute atomic E-state index is 0.122. The van der Waals surface area contributed by atoms with E-state index in [2.05, 4.69) is 0 Å². The van der Waals surface area contributed by atoms with Gasteiger partial charge in [-0.3, -0.25) is 9.59 Å². The molecule has 0 saturated carbocycles. The molecule has 0 bridgehead atoms. The fraction of sp³-hybridized carbons (Fsp3) is 0.222. The quantitative estimate of drug-likeness (QED) is 0.896. The van der Waals surface area contributed by atoms with Crippen molar-refractivity contribution in [3.63, 3.8) is 0 Å². The van der Waals surface area contributed by atoms with Crippen LogP contribution < -0.4 is 9.47 Å². The Kier molecular flexibility index (Phi) is 4.12. The summed E-state index contributed by atoms with van der Waals surface area (Å²) in [6.45, 7) is 0. The van der Waals surface area contributed by atoms with Gasteiger partial charge in [-0.05, 0) is 23.8 Å². The number of rotatable bonds is 4. The average Bonchev–Trinajstić information content (AvgIpc) is 2.55. The van der Waals surface area contributed by atoms with Gasteiger partial charge < -0.3 is 19.7 Å². The van der Waals surface area contributed by atoms with Crippen LogP contribution in [0.2, 0.25) is 0 Å². The number of hydrogen-bond donors (Lipinski definition) is 2. The molecular weight excluding hydrogens is 312 g/mol. The Morgan fingerprint density at radius 1 is 1.29 bits per heavy atom. The van der Waals surface area contributed by atoms with E-state index in [1.807, 2.05) is 0 Å². The number of phenols is 1. The Balaban J connectivity index is 1.96. The highest BCUT2D eigenvalue weighted by Crippen LogP contribution is 2.39. The van der Waals surface area contributed by atoms with Crippen molar-refractivity contribution in [2.24, 2.45) is 0 Å². The molecule has 124 valence electrons. The molecule has 0 spiro atoms. The third-order valence-electron chi connectivity index (χ3n) is 3.93. The van der Waals surface area contributed by atoms with Gasteiger partial charge in [0.1, 0.15) is 23.4 Å². The van der Waals surface area contributed by atoms with Gasteiger partial charge in [0.05, 0.1) is 25.5 Å². The lowest BCUT2D eigenvalue weighted by atomic mass is 9.94. The lowest BCUT2D eigenvalue weighted by Crippen LogP contribution is -2.21. The summed E-state index contributed by atoms with van der Waals surface area (Å²) in [5, 5.41) is 18.3. The van der Waals surface area contributed by atoms with Gasteiger partial charge >= 0.3 is 5.97 Å². The van der Waals surface area contributed by atoms with E-state index in [0.717, 1.165) is 5.56 Å². The smallest absolute Gasteiger partial charge is 0.307 e. The van der Waals surface area contributed by atoms with E-state index in [0.29, 0.717) is 22.6 Å². The molecule has 6 nitrogen and oxygen atoms in total. The maximum absolute atomic E-state index is 12.5. The molecule has 0 saturated heterocycles. The van der Waals surface area contributed by atoms with Crippen molar-refractivity contribution in [1.29, 1.82) is 0 Å². The minimum Gasteiger partial charge on any atom is -0.508 e. The van der Waals surface area contributed by atoms with E-state index in [-0.39, 0.29) is 24.4 Å². The second kappa shape index (κ2) is 6.23. The van der Waals surface area contributed by atoms with E-state index in [1.165, 1.54) is 25.3 Å². The molecule has 6 heteroatoms. The molecule has 0 amide bonds. The van der Waals surface area contributed by atoms with Crippen molar-refractivity contribution in [1.82, 2.24) is 0 Å². The van der Waals surface area contributed by atoms with Gasteiger partial charge in [-0.1, -0.05) is 12.1 Å². The Labute approximate surface area is 138 Å². The molecule has 1 heterocycles. The van der Waals surface area contributed by atoms with Crippen LogP contribution in [-0.4, -0.2) is 29.1 Å². The number of ether oxygens (including phenoxy) is 2. The van der Waals surface area contributed by atoms with E-state index in [4.69, 9.17) is 14.6 Å². The first-order valence-corrected chi connectivity index (χ1v) is 7.39. The summed E-state index contributed by atoms with van der Waals surface area (Å²) in [7, 11) is 1.44. The molecule has 0 aliphatic carbocycles. The predicted octanol–water partition coefficient (Wildman–Crippen LogP) is 2.73. The number of fused-ring (bicyclic) bond motifs is 1. The number of carboxylic acid groups (broad SMARTS) is 1. The highest BCUT2D eigenvalue weighted by Gasteiger charge is 2.29. The number of hydrogen-bond acceptors (Lipinski definition) is 5. The van der Waals surface area contributed by atoms with Crippen molar-refractivity contribution in [3.8, 4) is 17.2 Å². The summed E-state index contributed by atoms with van der Waals surface area (Å²) < 4.78 is 11.1. The van der Waals surface area contributed by atoms with Crippen molar-refractivity contribution in [3.05, 3.63) is 53.1 Å². The zero-order valence-corrected chi connectivity index (χ0v) is 13.0. The largest absolute Gasteiger partial charge is 0.508 e. The summed E-state index contributed by atoms with van der Waals surface area (Å²) in [5.74, 6) is -0.241. The highest BCUT2D eigenvalue weighted by molar-refractivity contribution is 6.00. The molecule has 2 aromatic rings. The van der Waals surface area contributed by atoms with Crippen LogP contribution in [0.4, 0.5) is 0 Å². The lowest BCUT2D eigenvalue weighted by Gasteiger charge is -2.26. The standard InChI is InChI=1S/C18H16O6/c1-23-15-9-17-13(6-11(15)7-18(21)22)14(20)8-16(24-17)10-2-4-12(19)5-3-10/h2-6,9,16,19H,7-8H2,1H3,(H,21,22)/t16-/m0/s1. The van der Waals surface area contributed by atoms with Gasteiger partial charge in [-0.25, -0.2) is 0 Å². The molecule has 24 heavy (non-hydrogen) atoms. The van der Waals surface area contributed by atoms with E-state index >= 15 is 0 Å². The second-order valence-corrected chi connectivity index (χ2v) is 5.56. The van der Waals surface area contributed by atoms with E-state index < -0.39 is 12.1 Å². The Morgan fingerprint density at radius 3 is 2.62 bits per heavy atom. The monoisotopic (exact) mass is 328 g/mol. The molecule has 1 aliphatic heterocycles. The summed E-state index contributed by atoms with van der Waals surface area (Å²) in [4.78, 5) is 23.4. The summed E-state index contributed by atoms with van der Waals surface area (Å²) in [6, 6.07) is 9.56. The molecule has 0 fully saturated rings. The number of benzene rings is 2. The van der Waals surface area contributed by atoms with Crippen molar-refractivity contribution in [2.75, 3.05) is 7.11 Å². The number of carbonyl (C=O) groups excluding carboxylic acids is 1. The van der Waals surface area contributed by atoms with Gasteiger partial charge in [-0.2, -0.15) is 0 Å². The normalized spacial score (nSPS) is 16.2. The van der Waals surface area contributed by atoms with E-state index in [1.54, 1.807) is 18.2 Å². The average molecular weight is 328 g/mol. The van der Waals surface area contributed by atoms with Crippen LogP contribution in [0.1, 0.15) is 34.0 Å². The Hall–Kier alpha value is -3.02. The fourth-order valence-electron chi connectivity index (χ4n) is 2.76. The summed E-state index contributed by atoms with van der Waals surface area (Å²) in [5.41, 5.74) is 1.58. The van der Waals surface area contributed by atoms with Gasteiger partial charge in [0.15, 0.2) is 5.78 Å². The highest BCUT2D eigenvalue weighted by atomic mass is 16.5. The molecule has 2 aromatic carbocycles. The number of carbonyl (C=O) groups is 2. The molecule has 1 aliphatic rings. The SMILES string of the molecule is COc1cc2c(cc1CC(=O)O)C(=O)C[C@@H](c1ccc(O)cc1)O2. The number of Topliss-reactive ketones (excluding diaryl/α,β-unsaturated/α-hetero) is 1. The van der Waals surface area contributed by atoms with Crippen LogP contribution in [0.25, 0.3) is 0 Å². The first kappa shape index (κ1) is 15.9. The molecule has 0 unspecified atom stereocenters. The maximum Gasteiger partial charge on any atom is 0.307 e. The molecule has 3 rings (SSSR count). The third-order valence-corrected chi connectivity index (χ3v) is 3.93. The number of methoxy groups -OCH3 is 1. The van der Waals surface area contributed by atoms with Crippen LogP contribution in [0, 0.1) is 0 Å². The molecule has 0 aromatic heterocycles. The van der Waals surface area contributed by atoms with Gasteiger partial charge in [0.2, 0.25) is 0 Å². The number of aromatic hydroxyl groups is 1. The molecule has 2 N–H and O–H groups in total. The molecular formula is C18H16O6. The number of aliphatic carboxylic acids is 1. The zero-order valence-electron chi connectivity index (χ0n) is 13.0. The minimum atomic E-state index is -1.00. The van der Waals surface area contributed by atoms with Crippen molar-refractivity contribution in [2.45, 2.75) is 18.9 Å². The first-order valence-electron chi connectivity index (χ1n) is 7.39. The maximum atomic E-state index is 12.5. The fourth-order valence-corrected chi connectivity index (χ4v) is 2.76. The summed E-state index contributed by atoms with van der Waals surface area (Å²) >= 11 is 0. The van der Waals surface area contributed by atoms with Crippen LogP contribution in [-0.2, 0) is 11.2 Å². The lowest BCUT2D eigenvalue weighted by molar-refractivity contribution is -0.136. The van der Waals surface area contributed by atoms with Crippen molar-refractivity contribution >= 4 is 11.8 Å². The van der Waals surface area contributed by atoms with Gasteiger partial charge in [0.25, 0.3) is 0 Å². The van der Waals surface area contributed by atoms with Crippen LogP contribution in [0.3, 0.4) is 0 Å². The van der Waals surface area contributed by atoms with E-state index in [9.17, 15) is 14.7 Å². The third kappa shape index (κ3) is 3.03. The first-order chi connectivity index (χ1) is 11.5. The van der Waals surface area contributed by atoms with Crippen LogP contribution in [0.5, 0.6) is 17.2 Å². The van der Waals surface area contributed by atoms with Crippen molar-refractivity contribution < 1.29 is 29.3 Å². The van der Waals surface area contributed by atoms with Gasteiger partial charge in [0, 0.05) is 11.6 Å². The molecule has 1 atom stereocenters. The number of carboxylic acids is 1. The Bertz CT molecular complexity index is 794. The second-order valence-electron chi connectivity index (χ2n) is 5.56. The number of phenolic OH excluding ortho intramolecular Hbond substituents is 1. The van der Waals surface area contributed by atoms with Crippen LogP contribution in [0.15, 0.2) is 36.4 Å². The van der Waals surface area contributed by atoms with Crippen LogP contribution >= 0.6 is 0 Å².